The summed E-state index contributed by atoms with van der Waals surface area (Å²) in [6.07, 6.45) is 0.469. The predicted molar refractivity (Wildman–Crippen MR) is 76.8 cm³/mol. The number of carbonyl (C=O) groups excluding carboxylic acids is 1. The molecular formula is C12H13BrN2O6S. The third kappa shape index (κ3) is 2.93. The number of aliphatic hydroxyl groups excluding tert-OH is 1. The lowest BCUT2D eigenvalue weighted by Crippen LogP contribution is -2.34. The van der Waals surface area contributed by atoms with Crippen LogP contribution in [0.3, 0.4) is 0 Å². The number of fused-ring (bicyclic) bond motifs is 1. The highest BCUT2D eigenvalue weighted by atomic mass is 79.9. The second-order valence-corrected chi connectivity index (χ2v) is 7.04. The zero-order valence-electron chi connectivity index (χ0n) is 11.5. The van der Waals surface area contributed by atoms with Crippen molar-refractivity contribution in [2.24, 2.45) is 0 Å². The fourth-order valence-corrected chi connectivity index (χ4v) is 3.14. The molecule has 5 atom stereocenters. The Morgan fingerprint density at radius 3 is 2.91 bits per heavy atom. The number of aromatic nitrogens is 2. The monoisotopic (exact) mass is 392 g/mol. The molecule has 2 fully saturated rings. The number of ether oxygens (including phenoxy) is 3. The van der Waals surface area contributed by atoms with E-state index < -0.39 is 41.2 Å². The first-order valence-electron chi connectivity index (χ1n) is 6.45. The van der Waals surface area contributed by atoms with Gasteiger partial charge in [-0.15, -0.1) is 0 Å². The number of rotatable bonds is 3. The summed E-state index contributed by atoms with van der Waals surface area (Å²) in [7, 11) is -1.41. The molecule has 120 valence electrons. The van der Waals surface area contributed by atoms with Crippen molar-refractivity contribution in [1.29, 1.82) is 0 Å². The zero-order valence-corrected chi connectivity index (χ0v) is 13.9. The molecule has 2 aliphatic heterocycles. The molecule has 0 amide bonds. The van der Waals surface area contributed by atoms with E-state index in [9.17, 15) is 14.1 Å². The molecule has 8 nitrogen and oxygen atoms in total. The van der Waals surface area contributed by atoms with Crippen molar-refractivity contribution >= 4 is 32.7 Å². The van der Waals surface area contributed by atoms with E-state index in [4.69, 9.17) is 14.2 Å². The maximum absolute atomic E-state index is 12.3. The fraction of sp³-hybridized carbons (Fsp3) is 0.583. The number of nitrogens with zero attached hydrogens (tertiary/aromatic N) is 2. The summed E-state index contributed by atoms with van der Waals surface area (Å²) in [6, 6.07) is 0. The van der Waals surface area contributed by atoms with Crippen molar-refractivity contribution in [2.75, 3.05) is 19.5 Å². The van der Waals surface area contributed by atoms with Gasteiger partial charge in [0.2, 0.25) is 5.16 Å². The minimum atomic E-state index is -1.41. The van der Waals surface area contributed by atoms with Gasteiger partial charge >= 0.3 is 5.97 Å². The van der Waals surface area contributed by atoms with Crippen molar-refractivity contribution in [3.63, 3.8) is 0 Å². The molecule has 2 saturated heterocycles. The molecule has 1 N–H and O–H groups in total. The maximum atomic E-state index is 12.3. The van der Waals surface area contributed by atoms with Crippen LogP contribution in [0.2, 0.25) is 0 Å². The van der Waals surface area contributed by atoms with E-state index in [-0.39, 0.29) is 24.1 Å². The molecule has 3 rings (SSSR count). The molecule has 0 aliphatic carbocycles. The second-order valence-electron chi connectivity index (χ2n) is 4.91. The average Bonchev–Trinajstić information content (AvgIpc) is 3.03. The third-order valence-electron chi connectivity index (χ3n) is 3.41. The van der Waals surface area contributed by atoms with Crippen LogP contribution in [0.4, 0.5) is 0 Å². The topological polar surface area (TPSA) is 108 Å². The van der Waals surface area contributed by atoms with E-state index in [2.05, 4.69) is 25.9 Å². The van der Waals surface area contributed by atoms with Crippen LogP contribution in [-0.2, 0) is 25.0 Å². The molecule has 0 aromatic carbocycles. The smallest absolute Gasteiger partial charge is 0.358 e. The Morgan fingerprint density at radius 2 is 2.18 bits per heavy atom. The highest BCUT2D eigenvalue weighted by Gasteiger charge is 2.49. The molecule has 0 saturated carbocycles. The van der Waals surface area contributed by atoms with Crippen LogP contribution in [0.25, 0.3) is 0 Å². The molecule has 22 heavy (non-hydrogen) atoms. The van der Waals surface area contributed by atoms with Gasteiger partial charge in [0.25, 0.3) is 0 Å². The van der Waals surface area contributed by atoms with Crippen LogP contribution in [0.1, 0.15) is 10.5 Å². The van der Waals surface area contributed by atoms with E-state index in [1.807, 2.05) is 0 Å². The van der Waals surface area contributed by atoms with E-state index in [0.717, 1.165) is 0 Å². The average molecular weight is 393 g/mol. The molecule has 0 radical (unpaired) electrons. The summed E-state index contributed by atoms with van der Waals surface area (Å²) in [5, 5.41) is 9.70. The SMILES string of the molecule is CS(=O)c1ncc(Br)c(C(=O)O[C@H]2CO[C@H]3[C@@H]2OC[C@@H]3O)n1. The fourth-order valence-electron chi connectivity index (χ4n) is 2.37. The van der Waals surface area contributed by atoms with Crippen LogP contribution in [0, 0.1) is 0 Å². The third-order valence-corrected chi connectivity index (χ3v) is 4.70. The first kappa shape index (κ1) is 15.9. The Kier molecular flexibility index (Phi) is 4.55. The molecule has 1 unspecified atom stereocenters. The molecule has 1 aromatic heterocycles. The molecule has 1 aromatic rings. The van der Waals surface area contributed by atoms with E-state index in [1.54, 1.807) is 0 Å². The first-order valence-corrected chi connectivity index (χ1v) is 8.80. The van der Waals surface area contributed by atoms with Gasteiger partial charge in [-0.05, 0) is 15.9 Å². The largest absolute Gasteiger partial charge is 0.452 e. The number of hydrogen-bond acceptors (Lipinski definition) is 8. The van der Waals surface area contributed by atoms with Gasteiger partial charge in [0, 0.05) is 12.5 Å². The van der Waals surface area contributed by atoms with Gasteiger partial charge in [-0.3, -0.25) is 4.21 Å². The number of hydrogen-bond donors (Lipinski definition) is 1. The Balaban J connectivity index is 1.75. The van der Waals surface area contributed by atoms with Gasteiger partial charge in [-0.2, -0.15) is 0 Å². The van der Waals surface area contributed by atoms with Crippen LogP contribution in [0.15, 0.2) is 15.8 Å². The molecule has 0 bridgehead atoms. The summed E-state index contributed by atoms with van der Waals surface area (Å²) in [5.41, 5.74) is -0.0119. The van der Waals surface area contributed by atoms with Crippen molar-refractivity contribution < 1.29 is 28.3 Å². The van der Waals surface area contributed by atoms with Crippen LogP contribution in [-0.4, -0.2) is 69.1 Å². The highest BCUT2D eigenvalue weighted by Crippen LogP contribution is 2.29. The van der Waals surface area contributed by atoms with Gasteiger partial charge < -0.3 is 19.3 Å². The number of aliphatic hydroxyl groups is 1. The van der Waals surface area contributed by atoms with Crippen molar-refractivity contribution in [3.8, 4) is 0 Å². The van der Waals surface area contributed by atoms with Crippen molar-refractivity contribution in [1.82, 2.24) is 9.97 Å². The van der Waals surface area contributed by atoms with Gasteiger partial charge in [0.15, 0.2) is 11.8 Å². The number of esters is 1. The lowest BCUT2D eigenvalue weighted by atomic mass is 10.1. The van der Waals surface area contributed by atoms with E-state index >= 15 is 0 Å². The van der Waals surface area contributed by atoms with Crippen molar-refractivity contribution in [2.45, 2.75) is 29.6 Å². The molecule has 2 aliphatic rings. The summed E-state index contributed by atoms with van der Waals surface area (Å²) in [6.45, 7) is 0.299. The van der Waals surface area contributed by atoms with Crippen molar-refractivity contribution in [3.05, 3.63) is 16.4 Å². The lowest BCUT2D eigenvalue weighted by molar-refractivity contribution is -0.0214. The van der Waals surface area contributed by atoms with Gasteiger partial charge in [0.1, 0.15) is 18.3 Å². The Hall–Kier alpha value is -0.940. The zero-order chi connectivity index (χ0) is 15.9. The lowest BCUT2D eigenvalue weighted by Gasteiger charge is -2.16. The summed E-state index contributed by atoms with van der Waals surface area (Å²) < 4.78 is 27.9. The minimum Gasteiger partial charge on any atom is -0.452 e. The van der Waals surface area contributed by atoms with Crippen LogP contribution < -0.4 is 0 Å². The number of carbonyl (C=O) groups is 1. The highest BCUT2D eigenvalue weighted by molar-refractivity contribution is 9.10. The molecule has 10 heteroatoms. The maximum Gasteiger partial charge on any atom is 0.358 e. The minimum absolute atomic E-state index is 0.0119. The predicted octanol–water partition coefficient (Wildman–Crippen LogP) is -0.340. The second kappa shape index (κ2) is 6.28. The van der Waals surface area contributed by atoms with Crippen LogP contribution in [0.5, 0.6) is 0 Å². The molecule has 0 spiro atoms. The normalized spacial score (nSPS) is 31.8. The molecular weight excluding hydrogens is 380 g/mol. The Morgan fingerprint density at radius 1 is 1.45 bits per heavy atom. The first-order chi connectivity index (χ1) is 10.5. The van der Waals surface area contributed by atoms with E-state index in [1.165, 1.54) is 12.5 Å². The summed E-state index contributed by atoms with van der Waals surface area (Å²) >= 11 is 3.17. The van der Waals surface area contributed by atoms with Gasteiger partial charge in [0.05, 0.1) is 28.5 Å². The number of halogens is 1. The summed E-state index contributed by atoms with van der Waals surface area (Å²) in [5.74, 6) is -0.694. The molecule has 3 heterocycles. The van der Waals surface area contributed by atoms with Gasteiger partial charge in [-0.25, -0.2) is 14.8 Å². The quantitative estimate of drug-likeness (QED) is 0.549. The summed E-state index contributed by atoms with van der Waals surface area (Å²) in [4.78, 5) is 20.1. The van der Waals surface area contributed by atoms with E-state index in [0.29, 0.717) is 4.47 Å². The van der Waals surface area contributed by atoms with Crippen LogP contribution >= 0.6 is 15.9 Å². The Labute approximate surface area is 136 Å². The Bertz CT molecular complexity index is 630. The standard InChI is InChI=1S/C12H13BrN2O6S/c1-22(18)12-14-2-5(13)8(15-12)11(17)21-7-4-20-9-6(16)3-19-10(7)9/h2,6-7,9-10,16H,3-4H2,1H3/t6-,7-,9+,10+,22?/m0/s1. The van der Waals surface area contributed by atoms with Gasteiger partial charge in [-0.1, -0.05) is 0 Å².